The van der Waals surface area contributed by atoms with Gasteiger partial charge in [-0.05, 0) is 25.0 Å². The van der Waals surface area contributed by atoms with Crippen molar-refractivity contribution in [2.45, 2.75) is 51.1 Å². The second-order valence-corrected chi connectivity index (χ2v) is 7.86. The van der Waals surface area contributed by atoms with Crippen LogP contribution in [0.1, 0.15) is 55.0 Å². The monoisotopic (exact) mass is 381 g/mol. The number of nitrogens with one attached hydrogen (secondary N) is 1. The molecule has 7 heteroatoms. The van der Waals surface area contributed by atoms with Crippen LogP contribution in [0.25, 0.3) is 0 Å². The minimum Gasteiger partial charge on any atom is -0.350 e. The molecule has 1 aliphatic carbocycles. The van der Waals surface area contributed by atoms with Gasteiger partial charge in [-0.15, -0.1) is 0 Å². The third-order valence-electron chi connectivity index (χ3n) is 5.78. The van der Waals surface area contributed by atoms with Gasteiger partial charge in [0.15, 0.2) is 0 Å². The highest BCUT2D eigenvalue weighted by molar-refractivity contribution is 5.86. The Morgan fingerprint density at radius 1 is 1.21 bits per heavy atom. The lowest BCUT2D eigenvalue weighted by Gasteiger charge is -2.34. The van der Waals surface area contributed by atoms with Gasteiger partial charge < -0.3 is 10.2 Å². The van der Waals surface area contributed by atoms with Crippen molar-refractivity contribution in [3.05, 3.63) is 47.5 Å². The molecule has 2 aromatic rings. The summed E-state index contributed by atoms with van der Waals surface area (Å²) < 4.78 is 1.73. The van der Waals surface area contributed by atoms with Crippen molar-refractivity contribution in [3.8, 4) is 0 Å². The Balaban J connectivity index is 1.50. The molecule has 2 aromatic heterocycles. The molecule has 28 heavy (non-hydrogen) atoms. The molecule has 1 unspecified atom stereocenters. The molecule has 2 aliphatic rings. The lowest BCUT2D eigenvalue weighted by molar-refractivity contribution is -0.138. The molecule has 0 spiro atoms. The zero-order valence-electron chi connectivity index (χ0n) is 16.3. The van der Waals surface area contributed by atoms with Crippen LogP contribution in [-0.4, -0.2) is 38.0 Å². The van der Waals surface area contributed by atoms with Crippen LogP contribution in [0, 0.1) is 5.92 Å². The quantitative estimate of drug-likeness (QED) is 0.880. The van der Waals surface area contributed by atoms with Crippen LogP contribution in [-0.2, 0) is 29.7 Å². The number of carbonyl (C=O) groups excluding carboxylic acids is 2. The molecule has 1 N–H and O–H groups in total. The number of aromatic nitrogens is 3. The summed E-state index contributed by atoms with van der Waals surface area (Å²) in [5.74, 6) is -0.256. The molecule has 1 atom stereocenters. The summed E-state index contributed by atoms with van der Waals surface area (Å²) in [4.78, 5) is 32.2. The maximum atomic E-state index is 13.1. The van der Waals surface area contributed by atoms with Gasteiger partial charge in [0, 0.05) is 44.0 Å². The zero-order chi connectivity index (χ0) is 19.5. The Labute approximate surface area is 165 Å². The molecular weight excluding hydrogens is 354 g/mol. The third kappa shape index (κ3) is 3.93. The fraction of sp³-hybridized carbons (Fsp3) is 0.524. The summed E-state index contributed by atoms with van der Waals surface area (Å²) in [6, 6.07) is 5.63. The van der Waals surface area contributed by atoms with E-state index in [0.29, 0.717) is 19.6 Å². The summed E-state index contributed by atoms with van der Waals surface area (Å²) >= 11 is 0. The smallest absolute Gasteiger partial charge is 0.231 e. The third-order valence-corrected chi connectivity index (χ3v) is 5.78. The lowest BCUT2D eigenvalue weighted by atomic mass is 9.87. The summed E-state index contributed by atoms with van der Waals surface area (Å²) in [5, 5.41) is 7.49. The van der Waals surface area contributed by atoms with Crippen LogP contribution < -0.4 is 5.32 Å². The van der Waals surface area contributed by atoms with Crippen LogP contribution in [0.5, 0.6) is 0 Å². The highest BCUT2D eigenvalue weighted by Gasteiger charge is 2.37. The maximum Gasteiger partial charge on any atom is 0.231 e. The van der Waals surface area contributed by atoms with Crippen molar-refractivity contribution < 1.29 is 9.59 Å². The van der Waals surface area contributed by atoms with Gasteiger partial charge >= 0.3 is 0 Å². The van der Waals surface area contributed by atoms with Gasteiger partial charge in [0.05, 0.1) is 23.9 Å². The van der Waals surface area contributed by atoms with Gasteiger partial charge in [-0.2, -0.15) is 5.10 Å². The Hall–Kier alpha value is -2.70. The van der Waals surface area contributed by atoms with E-state index in [1.165, 1.54) is 6.42 Å². The van der Waals surface area contributed by atoms with Crippen molar-refractivity contribution in [2.75, 3.05) is 6.54 Å². The minimum absolute atomic E-state index is 0.101. The number of nitrogens with zero attached hydrogens (tertiary/aromatic N) is 4. The van der Waals surface area contributed by atoms with Crippen molar-refractivity contribution in [1.29, 1.82) is 0 Å². The molecule has 3 heterocycles. The molecule has 1 aliphatic heterocycles. The first-order valence-electron chi connectivity index (χ1n) is 10.1. The van der Waals surface area contributed by atoms with Gasteiger partial charge in [0.2, 0.25) is 11.8 Å². The highest BCUT2D eigenvalue weighted by Crippen LogP contribution is 2.31. The molecule has 0 saturated heterocycles. The molecule has 1 fully saturated rings. The predicted molar refractivity (Wildman–Crippen MR) is 104 cm³/mol. The maximum absolute atomic E-state index is 13.1. The Morgan fingerprint density at radius 3 is 2.79 bits per heavy atom. The molecule has 7 nitrogen and oxygen atoms in total. The molecule has 4 rings (SSSR count). The molecule has 1 saturated carbocycles. The average molecular weight is 381 g/mol. The predicted octanol–water partition coefficient (Wildman–Crippen LogP) is 2.14. The van der Waals surface area contributed by atoms with E-state index < -0.39 is 5.92 Å². The Bertz CT molecular complexity index is 842. The first-order chi connectivity index (χ1) is 13.6. The minimum atomic E-state index is -0.443. The summed E-state index contributed by atoms with van der Waals surface area (Å²) in [6.45, 7) is 1.31. The number of fused-ring (bicyclic) bond motifs is 1. The lowest BCUT2D eigenvalue weighted by Crippen LogP contribution is -2.45. The topological polar surface area (TPSA) is 80.1 Å². The van der Waals surface area contributed by atoms with Crippen LogP contribution >= 0.6 is 0 Å². The summed E-state index contributed by atoms with van der Waals surface area (Å²) in [7, 11) is 1.86. The summed E-state index contributed by atoms with van der Waals surface area (Å²) in [6.07, 6.45) is 9.03. The van der Waals surface area contributed by atoms with Crippen molar-refractivity contribution in [1.82, 2.24) is 25.0 Å². The summed E-state index contributed by atoms with van der Waals surface area (Å²) in [5.41, 5.74) is 2.56. The van der Waals surface area contributed by atoms with Gasteiger partial charge in [-0.25, -0.2) is 0 Å². The molecule has 2 amide bonds. The number of amides is 2. The van der Waals surface area contributed by atoms with Crippen LogP contribution in [0.2, 0.25) is 0 Å². The number of carbonyl (C=O) groups is 2. The standard InChI is InChI=1S/C21H27N5O2/c1-25-12-16-13-26(21(28)15-7-3-2-4-8-15)14-18(19(16)24-25)20(27)23-11-17-9-5-6-10-22-17/h5-6,9-10,12,15,18H,2-4,7-8,11,13-14H2,1H3,(H,23,27). The van der Waals surface area contributed by atoms with Gasteiger partial charge in [-0.1, -0.05) is 25.3 Å². The molecule has 0 bridgehead atoms. The molecular formula is C21H27N5O2. The van der Waals surface area contributed by atoms with Gasteiger partial charge in [0.1, 0.15) is 0 Å². The van der Waals surface area contributed by atoms with Crippen LogP contribution in [0.15, 0.2) is 30.6 Å². The molecule has 0 radical (unpaired) electrons. The Morgan fingerprint density at radius 2 is 2.04 bits per heavy atom. The van der Waals surface area contributed by atoms with E-state index in [1.54, 1.807) is 10.9 Å². The highest BCUT2D eigenvalue weighted by atomic mass is 16.2. The second-order valence-electron chi connectivity index (χ2n) is 7.86. The van der Waals surface area contributed by atoms with Crippen molar-refractivity contribution in [2.24, 2.45) is 13.0 Å². The number of hydrogen-bond donors (Lipinski definition) is 1. The van der Waals surface area contributed by atoms with Crippen molar-refractivity contribution in [3.63, 3.8) is 0 Å². The van der Waals surface area contributed by atoms with Gasteiger partial charge in [-0.3, -0.25) is 19.3 Å². The SMILES string of the molecule is Cn1cc2c(n1)C(C(=O)NCc1ccccn1)CN(C(=O)C1CCCCC1)C2. The van der Waals surface area contributed by atoms with Crippen LogP contribution in [0.3, 0.4) is 0 Å². The fourth-order valence-electron chi connectivity index (χ4n) is 4.33. The number of hydrogen-bond acceptors (Lipinski definition) is 4. The van der Waals surface area contributed by atoms with E-state index in [1.807, 2.05) is 36.3 Å². The zero-order valence-corrected chi connectivity index (χ0v) is 16.3. The first kappa shape index (κ1) is 18.7. The van der Waals surface area contributed by atoms with E-state index in [4.69, 9.17) is 0 Å². The van der Waals surface area contributed by atoms with E-state index in [9.17, 15) is 9.59 Å². The first-order valence-corrected chi connectivity index (χ1v) is 10.1. The second kappa shape index (κ2) is 8.12. The molecule has 148 valence electrons. The normalized spacial score (nSPS) is 19.9. The molecule has 0 aromatic carbocycles. The Kier molecular flexibility index (Phi) is 5.41. The van der Waals surface area contributed by atoms with Crippen molar-refractivity contribution >= 4 is 11.8 Å². The van der Waals surface area contributed by atoms with E-state index >= 15 is 0 Å². The number of rotatable bonds is 4. The number of aryl methyl sites for hydroxylation is 1. The number of pyridine rings is 1. The average Bonchev–Trinajstić information content (AvgIpc) is 3.12. The van der Waals surface area contributed by atoms with E-state index in [0.717, 1.165) is 42.6 Å². The van der Waals surface area contributed by atoms with E-state index in [2.05, 4.69) is 15.4 Å². The fourth-order valence-corrected chi connectivity index (χ4v) is 4.33. The van der Waals surface area contributed by atoms with E-state index in [-0.39, 0.29) is 17.7 Å². The van der Waals surface area contributed by atoms with Gasteiger partial charge in [0.25, 0.3) is 0 Å². The largest absolute Gasteiger partial charge is 0.350 e. The van der Waals surface area contributed by atoms with Crippen LogP contribution in [0.4, 0.5) is 0 Å².